The molecule has 2 aliphatic rings. The van der Waals surface area contributed by atoms with Gasteiger partial charge in [0.15, 0.2) is 0 Å². The second-order valence-corrected chi connectivity index (χ2v) is 9.26. The second-order valence-electron chi connectivity index (χ2n) is 8.20. The largest absolute Gasteiger partial charge is 0.480 e. The van der Waals surface area contributed by atoms with Gasteiger partial charge >= 0.3 is 11.9 Å². The normalized spacial score (nSPS) is 20.6. The number of thioether (sulfide) groups is 1. The molecule has 0 bridgehead atoms. The number of esters is 1. The van der Waals surface area contributed by atoms with Crippen LogP contribution in [-0.2, 0) is 19.1 Å². The van der Waals surface area contributed by atoms with E-state index in [0.29, 0.717) is 23.8 Å². The van der Waals surface area contributed by atoms with Crippen molar-refractivity contribution < 1.29 is 24.2 Å². The van der Waals surface area contributed by atoms with Crippen LogP contribution in [0.15, 0.2) is 29.2 Å². The van der Waals surface area contributed by atoms with Gasteiger partial charge in [0.05, 0.1) is 18.3 Å². The number of carboxylic acid groups (broad SMARTS) is 1. The van der Waals surface area contributed by atoms with E-state index in [9.17, 15) is 19.5 Å². The highest BCUT2D eigenvalue weighted by atomic mass is 32.2. The molecule has 3 rings (SSSR count). The fraction of sp³-hybridized carbons (Fsp3) is 0.609. The summed E-state index contributed by atoms with van der Waals surface area (Å²) in [4.78, 5) is 39.6. The molecule has 1 fully saturated rings. The quantitative estimate of drug-likeness (QED) is 0.559. The van der Waals surface area contributed by atoms with Gasteiger partial charge < -0.3 is 9.84 Å². The first kappa shape index (κ1) is 23.6. The number of hydrogen-bond acceptors (Lipinski definition) is 6. The predicted octanol–water partition coefficient (Wildman–Crippen LogP) is 3.46. The number of amides is 1. The predicted molar refractivity (Wildman–Crippen MR) is 120 cm³/mol. The number of anilines is 1. The van der Waals surface area contributed by atoms with Crippen molar-refractivity contribution in [2.75, 3.05) is 23.8 Å². The van der Waals surface area contributed by atoms with Crippen molar-refractivity contribution in [2.45, 2.75) is 68.8 Å². The standard InChI is InChI=1S/C23H32N2O5S/c1-2-30-23(29)17(13-12-16-8-4-3-5-9-16)24-18-15-31-20-11-7-6-10-19(20)25(22(18)28)14-21(26)27/h6-7,10-11,16-18,24H,2-5,8-9,12-15H2,1H3,(H,26,27)/t17-,18?/m1/s1. The van der Waals surface area contributed by atoms with Gasteiger partial charge in [-0.25, -0.2) is 0 Å². The van der Waals surface area contributed by atoms with E-state index in [2.05, 4.69) is 5.32 Å². The lowest BCUT2D eigenvalue weighted by molar-refractivity contribution is -0.146. The molecule has 31 heavy (non-hydrogen) atoms. The summed E-state index contributed by atoms with van der Waals surface area (Å²) in [5.74, 6) is -0.715. The highest BCUT2D eigenvalue weighted by Crippen LogP contribution is 2.34. The molecule has 1 aliphatic carbocycles. The highest BCUT2D eigenvalue weighted by molar-refractivity contribution is 7.99. The number of benzene rings is 1. The molecule has 1 aliphatic heterocycles. The molecule has 0 spiro atoms. The number of aliphatic carboxylic acids is 1. The zero-order valence-corrected chi connectivity index (χ0v) is 18.9. The lowest BCUT2D eigenvalue weighted by Gasteiger charge is -2.28. The molecule has 0 saturated heterocycles. The Morgan fingerprint density at radius 1 is 1.26 bits per heavy atom. The minimum atomic E-state index is -1.08. The van der Waals surface area contributed by atoms with Crippen LogP contribution in [0.4, 0.5) is 5.69 Å². The molecule has 1 aromatic rings. The van der Waals surface area contributed by atoms with Crippen LogP contribution in [0, 0.1) is 5.92 Å². The van der Waals surface area contributed by atoms with Crippen LogP contribution in [0.25, 0.3) is 0 Å². The number of nitrogens with one attached hydrogen (secondary N) is 1. The Hall–Kier alpha value is -2.06. The third kappa shape index (κ3) is 6.46. The number of carbonyl (C=O) groups is 3. The molecule has 2 N–H and O–H groups in total. The van der Waals surface area contributed by atoms with Gasteiger partial charge in [0.1, 0.15) is 12.6 Å². The summed E-state index contributed by atoms with van der Waals surface area (Å²) in [6, 6.07) is 6.06. The number of hydrogen-bond donors (Lipinski definition) is 2. The van der Waals surface area contributed by atoms with Crippen LogP contribution < -0.4 is 10.2 Å². The highest BCUT2D eigenvalue weighted by Gasteiger charge is 2.35. The summed E-state index contributed by atoms with van der Waals surface area (Å²) in [6.45, 7) is 1.64. The number of ether oxygens (including phenoxy) is 1. The Morgan fingerprint density at radius 2 is 2.00 bits per heavy atom. The van der Waals surface area contributed by atoms with Gasteiger partial charge in [0.2, 0.25) is 5.91 Å². The average molecular weight is 449 g/mol. The summed E-state index contributed by atoms with van der Waals surface area (Å²) in [5, 5.41) is 12.6. The third-order valence-electron chi connectivity index (χ3n) is 5.98. The fourth-order valence-electron chi connectivity index (χ4n) is 4.40. The topological polar surface area (TPSA) is 95.9 Å². The van der Waals surface area contributed by atoms with Gasteiger partial charge in [-0.05, 0) is 37.8 Å². The Balaban J connectivity index is 1.74. The van der Waals surface area contributed by atoms with Crippen LogP contribution in [0.1, 0.15) is 51.9 Å². The molecule has 1 unspecified atom stereocenters. The van der Waals surface area contributed by atoms with Crippen molar-refractivity contribution in [3.05, 3.63) is 24.3 Å². The number of carboxylic acids is 1. The molecular formula is C23H32N2O5S. The van der Waals surface area contributed by atoms with E-state index in [1.54, 1.807) is 19.1 Å². The number of para-hydroxylation sites is 1. The Kier molecular flexibility index (Phi) is 8.78. The maximum Gasteiger partial charge on any atom is 0.323 e. The molecule has 8 heteroatoms. The Bertz CT molecular complexity index is 781. The van der Waals surface area contributed by atoms with E-state index in [-0.39, 0.29) is 18.5 Å². The third-order valence-corrected chi connectivity index (χ3v) is 7.14. The molecule has 7 nitrogen and oxygen atoms in total. The molecule has 1 heterocycles. The van der Waals surface area contributed by atoms with Gasteiger partial charge in [-0.15, -0.1) is 11.8 Å². The van der Waals surface area contributed by atoms with Crippen LogP contribution >= 0.6 is 11.8 Å². The average Bonchev–Trinajstić information content (AvgIpc) is 2.89. The number of rotatable bonds is 9. The molecule has 0 radical (unpaired) electrons. The number of fused-ring (bicyclic) bond motifs is 1. The first-order chi connectivity index (χ1) is 15.0. The Morgan fingerprint density at radius 3 is 2.71 bits per heavy atom. The Labute approximate surface area is 187 Å². The fourth-order valence-corrected chi connectivity index (χ4v) is 5.49. The minimum absolute atomic E-state index is 0.282. The maximum absolute atomic E-state index is 13.3. The lowest BCUT2D eigenvalue weighted by atomic mass is 9.85. The molecule has 0 aromatic heterocycles. The van der Waals surface area contributed by atoms with Crippen LogP contribution in [0.2, 0.25) is 0 Å². The van der Waals surface area contributed by atoms with Gasteiger partial charge in [-0.3, -0.25) is 24.6 Å². The van der Waals surface area contributed by atoms with Crippen molar-refractivity contribution in [1.82, 2.24) is 5.32 Å². The number of carbonyl (C=O) groups excluding carboxylic acids is 2. The van der Waals surface area contributed by atoms with Crippen LogP contribution in [0.5, 0.6) is 0 Å². The minimum Gasteiger partial charge on any atom is -0.480 e. The van der Waals surface area contributed by atoms with E-state index in [0.717, 1.165) is 11.3 Å². The van der Waals surface area contributed by atoms with E-state index >= 15 is 0 Å². The summed E-state index contributed by atoms with van der Waals surface area (Å²) >= 11 is 1.50. The van der Waals surface area contributed by atoms with Gasteiger partial charge in [-0.2, -0.15) is 0 Å². The van der Waals surface area contributed by atoms with Crippen molar-refractivity contribution in [2.24, 2.45) is 5.92 Å². The maximum atomic E-state index is 13.3. The van der Waals surface area contributed by atoms with E-state index < -0.39 is 24.6 Å². The molecule has 2 atom stereocenters. The number of nitrogens with zero attached hydrogens (tertiary/aromatic N) is 1. The zero-order chi connectivity index (χ0) is 22.2. The summed E-state index contributed by atoms with van der Waals surface area (Å²) in [5.41, 5.74) is 0.596. The van der Waals surface area contributed by atoms with E-state index in [4.69, 9.17) is 4.74 Å². The summed E-state index contributed by atoms with van der Waals surface area (Å²) < 4.78 is 5.28. The molecule has 170 valence electrons. The lowest BCUT2D eigenvalue weighted by Crippen LogP contribution is -2.54. The van der Waals surface area contributed by atoms with Crippen molar-refractivity contribution in [3.8, 4) is 0 Å². The van der Waals surface area contributed by atoms with Gasteiger partial charge in [0, 0.05) is 10.6 Å². The van der Waals surface area contributed by atoms with E-state index in [1.807, 2.05) is 12.1 Å². The van der Waals surface area contributed by atoms with Crippen LogP contribution in [0.3, 0.4) is 0 Å². The van der Waals surface area contributed by atoms with E-state index in [1.165, 1.54) is 48.8 Å². The SMILES string of the molecule is CCOC(=O)[C@@H](CCC1CCCCC1)NC1CSc2ccccc2N(CC(=O)O)C1=O. The molecular weight excluding hydrogens is 416 g/mol. The molecule has 1 saturated carbocycles. The smallest absolute Gasteiger partial charge is 0.323 e. The first-order valence-corrected chi connectivity index (χ1v) is 12.2. The summed E-state index contributed by atoms with van der Waals surface area (Å²) in [7, 11) is 0. The van der Waals surface area contributed by atoms with Crippen molar-refractivity contribution in [3.63, 3.8) is 0 Å². The van der Waals surface area contributed by atoms with Crippen molar-refractivity contribution in [1.29, 1.82) is 0 Å². The second kappa shape index (κ2) is 11.5. The molecule has 1 amide bonds. The van der Waals surface area contributed by atoms with Crippen LogP contribution in [-0.4, -0.2) is 53.9 Å². The molecule has 1 aromatic carbocycles. The zero-order valence-electron chi connectivity index (χ0n) is 18.0. The summed E-state index contributed by atoms with van der Waals surface area (Å²) in [6.07, 6.45) is 7.67. The van der Waals surface area contributed by atoms with Crippen molar-refractivity contribution >= 4 is 35.3 Å². The van der Waals surface area contributed by atoms with Gasteiger partial charge in [0.25, 0.3) is 0 Å². The van der Waals surface area contributed by atoms with Gasteiger partial charge in [-0.1, -0.05) is 44.2 Å². The monoisotopic (exact) mass is 448 g/mol. The first-order valence-electron chi connectivity index (χ1n) is 11.2.